The number of aromatic nitrogens is 2. The first kappa shape index (κ1) is 15.9. The van der Waals surface area contributed by atoms with Gasteiger partial charge in [0.25, 0.3) is 5.91 Å². The summed E-state index contributed by atoms with van der Waals surface area (Å²) in [6.07, 6.45) is 4.68. The molecule has 0 bridgehead atoms. The van der Waals surface area contributed by atoms with Crippen LogP contribution in [0.5, 0.6) is 0 Å². The summed E-state index contributed by atoms with van der Waals surface area (Å²) in [5.41, 5.74) is 1.77. The number of rotatable bonds is 3. The molecule has 0 aliphatic carbocycles. The molecule has 2 amide bonds. The van der Waals surface area contributed by atoms with E-state index in [4.69, 9.17) is 0 Å². The van der Waals surface area contributed by atoms with Crippen molar-refractivity contribution in [3.63, 3.8) is 0 Å². The summed E-state index contributed by atoms with van der Waals surface area (Å²) < 4.78 is 0. The fraction of sp³-hybridized carbons (Fsp3) is 0.500. The van der Waals surface area contributed by atoms with Crippen molar-refractivity contribution in [3.8, 4) is 0 Å². The summed E-state index contributed by atoms with van der Waals surface area (Å²) in [5, 5.41) is 0. The van der Waals surface area contributed by atoms with E-state index in [0.717, 1.165) is 28.9 Å². The molecule has 0 unspecified atom stereocenters. The summed E-state index contributed by atoms with van der Waals surface area (Å²) in [6.45, 7) is 3.27. The molecule has 7 heteroatoms. The minimum absolute atomic E-state index is 0.0231. The third-order valence-corrected chi connectivity index (χ3v) is 5.31. The van der Waals surface area contributed by atoms with Crippen LogP contribution in [0.2, 0.25) is 0 Å². The van der Waals surface area contributed by atoms with Crippen molar-refractivity contribution in [3.05, 3.63) is 22.8 Å². The van der Waals surface area contributed by atoms with Crippen LogP contribution in [0.25, 0.3) is 10.3 Å². The van der Waals surface area contributed by atoms with Crippen molar-refractivity contribution in [2.24, 2.45) is 0 Å². The van der Waals surface area contributed by atoms with Gasteiger partial charge in [-0.3, -0.25) is 14.6 Å². The van der Waals surface area contributed by atoms with Crippen molar-refractivity contribution < 1.29 is 9.59 Å². The van der Waals surface area contributed by atoms with Crippen LogP contribution in [-0.4, -0.2) is 58.8 Å². The van der Waals surface area contributed by atoms with Gasteiger partial charge in [0.05, 0.1) is 4.88 Å². The molecule has 0 saturated carbocycles. The number of likely N-dealkylation sites (tertiary alicyclic amines) is 1. The lowest BCUT2D eigenvalue weighted by atomic mass is 9.97. The van der Waals surface area contributed by atoms with Crippen molar-refractivity contribution in [2.75, 3.05) is 27.2 Å². The van der Waals surface area contributed by atoms with Gasteiger partial charge in [-0.2, -0.15) is 0 Å². The van der Waals surface area contributed by atoms with Gasteiger partial charge in [-0.1, -0.05) is 6.92 Å². The SMILES string of the molecule is CCC(=O)N1CC[C@H](c2c(C(=O)N(C)C)sc3nccnc23)C1. The van der Waals surface area contributed by atoms with Gasteiger partial charge in [-0.15, -0.1) is 11.3 Å². The van der Waals surface area contributed by atoms with Gasteiger partial charge in [0.2, 0.25) is 5.91 Å². The maximum Gasteiger partial charge on any atom is 0.263 e. The number of fused-ring (bicyclic) bond motifs is 1. The highest BCUT2D eigenvalue weighted by Gasteiger charge is 2.33. The molecular weight excluding hydrogens is 312 g/mol. The highest BCUT2D eigenvalue weighted by molar-refractivity contribution is 7.20. The quantitative estimate of drug-likeness (QED) is 0.863. The molecule has 0 radical (unpaired) electrons. The second kappa shape index (κ2) is 6.23. The lowest BCUT2D eigenvalue weighted by Gasteiger charge is -2.17. The molecule has 23 heavy (non-hydrogen) atoms. The van der Waals surface area contributed by atoms with E-state index in [9.17, 15) is 9.59 Å². The summed E-state index contributed by atoms with van der Waals surface area (Å²) in [7, 11) is 3.50. The first-order valence-corrected chi connectivity index (χ1v) is 8.57. The van der Waals surface area contributed by atoms with Crippen LogP contribution in [0.3, 0.4) is 0 Å². The fourth-order valence-corrected chi connectivity index (χ4v) is 4.24. The van der Waals surface area contributed by atoms with Crippen LogP contribution >= 0.6 is 11.3 Å². The molecule has 3 heterocycles. The van der Waals surface area contributed by atoms with Crippen LogP contribution in [0.1, 0.15) is 40.9 Å². The topological polar surface area (TPSA) is 66.4 Å². The molecule has 3 rings (SSSR count). The Balaban J connectivity index is 2.04. The van der Waals surface area contributed by atoms with Crippen LogP contribution < -0.4 is 0 Å². The highest BCUT2D eigenvalue weighted by Crippen LogP contribution is 2.38. The molecule has 2 aromatic rings. The minimum Gasteiger partial charge on any atom is -0.344 e. The van der Waals surface area contributed by atoms with Crippen molar-refractivity contribution >= 4 is 33.5 Å². The van der Waals surface area contributed by atoms with Gasteiger partial charge >= 0.3 is 0 Å². The molecule has 2 aromatic heterocycles. The zero-order valence-electron chi connectivity index (χ0n) is 13.6. The van der Waals surface area contributed by atoms with Gasteiger partial charge < -0.3 is 9.80 Å². The van der Waals surface area contributed by atoms with E-state index in [1.165, 1.54) is 11.3 Å². The summed E-state index contributed by atoms with van der Waals surface area (Å²) in [4.78, 5) is 38.3. The lowest BCUT2D eigenvalue weighted by molar-refractivity contribution is -0.129. The van der Waals surface area contributed by atoms with Crippen molar-refractivity contribution in [2.45, 2.75) is 25.7 Å². The van der Waals surface area contributed by atoms with Gasteiger partial charge in [0.1, 0.15) is 10.3 Å². The van der Waals surface area contributed by atoms with Gasteiger partial charge in [0, 0.05) is 57.5 Å². The number of carbonyl (C=O) groups is 2. The maximum atomic E-state index is 12.6. The van der Waals surface area contributed by atoms with Gasteiger partial charge in [-0.05, 0) is 6.42 Å². The third-order valence-electron chi connectivity index (χ3n) is 4.22. The first-order valence-electron chi connectivity index (χ1n) is 7.75. The van der Waals surface area contributed by atoms with Gasteiger partial charge in [-0.25, -0.2) is 4.98 Å². The standard InChI is InChI=1S/C16H20N4O2S/c1-4-11(21)20-8-5-10(9-20)12-13-15(18-7-6-17-13)23-14(12)16(22)19(2)3/h6-7,10H,4-5,8-9H2,1-3H3/t10-/m0/s1. The molecule has 6 nitrogen and oxygen atoms in total. The molecule has 1 fully saturated rings. The lowest BCUT2D eigenvalue weighted by Crippen LogP contribution is -2.28. The third kappa shape index (κ3) is 2.81. The Morgan fingerprint density at radius 2 is 2.09 bits per heavy atom. The van der Waals surface area contributed by atoms with Crippen LogP contribution in [0, 0.1) is 0 Å². The number of hydrogen-bond donors (Lipinski definition) is 0. The number of carbonyl (C=O) groups excluding carboxylic acids is 2. The van der Waals surface area contributed by atoms with E-state index in [1.54, 1.807) is 31.4 Å². The number of hydrogen-bond acceptors (Lipinski definition) is 5. The van der Waals surface area contributed by atoms with Crippen LogP contribution in [0.15, 0.2) is 12.4 Å². The zero-order chi connectivity index (χ0) is 16.6. The van der Waals surface area contributed by atoms with Crippen molar-refractivity contribution in [1.29, 1.82) is 0 Å². The number of thiophene rings is 1. The Bertz CT molecular complexity index is 756. The number of nitrogens with zero attached hydrogens (tertiary/aromatic N) is 4. The molecule has 1 atom stereocenters. The average Bonchev–Trinajstić information content (AvgIpc) is 3.17. The summed E-state index contributed by atoms with van der Waals surface area (Å²) in [6, 6.07) is 0. The molecule has 0 aromatic carbocycles. The van der Waals surface area contributed by atoms with Gasteiger partial charge in [0.15, 0.2) is 0 Å². The molecule has 0 spiro atoms. The van der Waals surface area contributed by atoms with Crippen LogP contribution in [0.4, 0.5) is 0 Å². The summed E-state index contributed by atoms with van der Waals surface area (Å²) >= 11 is 1.39. The second-order valence-corrected chi connectivity index (χ2v) is 6.93. The maximum absolute atomic E-state index is 12.6. The Morgan fingerprint density at radius 3 is 2.78 bits per heavy atom. The molecule has 0 N–H and O–H groups in total. The highest BCUT2D eigenvalue weighted by atomic mass is 32.1. The fourth-order valence-electron chi connectivity index (χ4n) is 3.03. The Kier molecular flexibility index (Phi) is 4.30. The Hall–Kier alpha value is -2.02. The predicted molar refractivity (Wildman–Crippen MR) is 89.7 cm³/mol. The summed E-state index contributed by atoms with van der Waals surface area (Å²) in [5.74, 6) is 0.290. The molecule has 1 saturated heterocycles. The molecular formula is C16H20N4O2S. The largest absolute Gasteiger partial charge is 0.344 e. The zero-order valence-corrected chi connectivity index (χ0v) is 14.4. The van der Waals surface area contributed by atoms with Crippen LogP contribution in [-0.2, 0) is 4.79 Å². The van der Waals surface area contributed by atoms with E-state index in [1.807, 2.05) is 11.8 Å². The number of amides is 2. The monoisotopic (exact) mass is 332 g/mol. The Morgan fingerprint density at radius 1 is 1.35 bits per heavy atom. The van der Waals surface area contributed by atoms with E-state index >= 15 is 0 Å². The van der Waals surface area contributed by atoms with Crippen molar-refractivity contribution in [1.82, 2.24) is 19.8 Å². The first-order chi connectivity index (χ1) is 11.0. The minimum atomic E-state index is -0.0231. The van der Waals surface area contributed by atoms with E-state index in [0.29, 0.717) is 17.8 Å². The molecule has 1 aliphatic heterocycles. The second-order valence-electron chi connectivity index (χ2n) is 5.93. The smallest absolute Gasteiger partial charge is 0.263 e. The predicted octanol–water partition coefficient (Wildman–Crippen LogP) is 2.12. The van der Waals surface area contributed by atoms with E-state index in [-0.39, 0.29) is 17.7 Å². The van der Waals surface area contributed by atoms with E-state index in [2.05, 4.69) is 9.97 Å². The normalized spacial score (nSPS) is 17.7. The molecule has 122 valence electrons. The Labute approximate surface area is 139 Å². The average molecular weight is 332 g/mol. The van der Waals surface area contributed by atoms with E-state index < -0.39 is 0 Å². The molecule has 1 aliphatic rings.